The van der Waals surface area contributed by atoms with E-state index in [9.17, 15) is 5.11 Å². The fourth-order valence-corrected chi connectivity index (χ4v) is 3.91. The molecule has 1 aliphatic rings. The smallest absolute Gasteiger partial charge is 0.0577 e. The lowest BCUT2D eigenvalue weighted by molar-refractivity contribution is 0.00113. The van der Waals surface area contributed by atoms with E-state index in [1.165, 1.54) is 30.6 Å². The molecular formula is C15H24OS. The van der Waals surface area contributed by atoms with E-state index in [-0.39, 0.29) is 6.10 Å². The minimum absolute atomic E-state index is 0.118. The highest BCUT2D eigenvalue weighted by molar-refractivity contribution is 7.09. The molecule has 1 aliphatic carbocycles. The molecular weight excluding hydrogens is 228 g/mol. The number of aliphatic hydroxyl groups excluding tert-OH is 1. The van der Waals surface area contributed by atoms with Crippen molar-refractivity contribution in [2.24, 2.45) is 11.3 Å². The molecule has 0 amide bonds. The van der Waals surface area contributed by atoms with E-state index < -0.39 is 0 Å². The van der Waals surface area contributed by atoms with Crippen LogP contribution < -0.4 is 0 Å². The van der Waals surface area contributed by atoms with E-state index in [4.69, 9.17) is 0 Å². The summed E-state index contributed by atoms with van der Waals surface area (Å²) in [5, 5.41) is 12.5. The van der Waals surface area contributed by atoms with Crippen molar-refractivity contribution in [3.63, 3.8) is 0 Å². The third kappa shape index (κ3) is 3.32. The minimum Gasteiger partial charge on any atom is -0.393 e. The Morgan fingerprint density at radius 1 is 1.47 bits per heavy atom. The molecule has 0 radical (unpaired) electrons. The van der Waals surface area contributed by atoms with E-state index in [2.05, 4.69) is 31.4 Å². The van der Waals surface area contributed by atoms with Crippen LogP contribution in [0.2, 0.25) is 0 Å². The quantitative estimate of drug-likeness (QED) is 0.849. The molecule has 1 N–H and O–H groups in total. The molecule has 0 aliphatic heterocycles. The molecule has 0 saturated heterocycles. The van der Waals surface area contributed by atoms with E-state index in [1.807, 2.05) is 0 Å². The van der Waals surface area contributed by atoms with Crippen molar-refractivity contribution in [3.8, 4) is 0 Å². The topological polar surface area (TPSA) is 20.2 Å². The molecule has 2 atom stereocenters. The Bertz CT molecular complexity index is 329. The summed E-state index contributed by atoms with van der Waals surface area (Å²) in [6.45, 7) is 4.65. The first-order chi connectivity index (χ1) is 8.09. The zero-order valence-electron chi connectivity index (χ0n) is 11.0. The molecule has 0 aromatic carbocycles. The normalized spacial score (nSPS) is 25.7. The van der Waals surface area contributed by atoms with Gasteiger partial charge in [-0.1, -0.05) is 32.8 Å². The molecule has 2 rings (SSSR count). The van der Waals surface area contributed by atoms with Crippen molar-refractivity contribution in [1.29, 1.82) is 0 Å². The van der Waals surface area contributed by atoms with Crippen LogP contribution in [0.3, 0.4) is 0 Å². The molecule has 1 saturated carbocycles. The van der Waals surface area contributed by atoms with Gasteiger partial charge in [0.1, 0.15) is 0 Å². The van der Waals surface area contributed by atoms with Crippen LogP contribution in [0.5, 0.6) is 0 Å². The van der Waals surface area contributed by atoms with Gasteiger partial charge in [0, 0.05) is 4.88 Å². The number of aryl methyl sites for hydroxylation is 1. The van der Waals surface area contributed by atoms with Gasteiger partial charge in [-0.05, 0) is 48.5 Å². The zero-order valence-corrected chi connectivity index (χ0v) is 11.8. The molecule has 2 heteroatoms. The highest BCUT2D eigenvalue weighted by Gasteiger charge is 2.36. The van der Waals surface area contributed by atoms with Crippen molar-refractivity contribution in [1.82, 2.24) is 0 Å². The molecule has 1 aromatic heterocycles. The number of hydrogen-bond acceptors (Lipinski definition) is 2. The first-order valence-corrected chi connectivity index (χ1v) is 7.68. The third-order valence-electron chi connectivity index (χ3n) is 4.32. The van der Waals surface area contributed by atoms with E-state index in [1.54, 1.807) is 11.3 Å². The number of thiophene rings is 1. The van der Waals surface area contributed by atoms with Gasteiger partial charge in [-0.3, -0.25) is 0 Å². The van der Waals surface area contributed by atoms with Crippen molar-refractivity contribution in [2.75, 3.05) is 0 Å². The molecule has 17 heavy (non-hydrogen) atoms. The number of hydrogen-bond donors (Lipinski definition) is 1. The second kappa shape index (κ2) is 5.53. The predicted octanol–water partition coefficient (Wildman–Crippen LogP) is 4.26. The zero-order chi connectivity index (χ0) is 12.3. The number of aliphatic hydroxyl groups is 1. The summed E-state index contributed by atoms with van der Waals surface area (Å²) in [4.78, 5) is 1.40. The molecule has 96 valence electrons. The van der Waals surface area contributed by atoms with Crippen LogP contribution in [0.1, 0.15) is 50.8 Å². The van der Waals surface area contributed by atoms with Gasteiger partial charge in [-0.15, -0.1) is 11.3 Å². The highest BCUT2D eigenvalue weighted by Crippen LogP contribution is 2.43. The fraction of sp³-hybridized carbons (Fsp3) is 0.733. The van der Waals surface area contributed by atoms with Crippen LogP contribution in [-0.4, -0.2) is 11.2 Å². The summed E-state index contributed by atoms with van der Waals surface area (Å²) < 4.78 is 0. The predicted molar refractivity (Wildman–Crippen MR) is 74.4 cm³/mol. The van der Waals surface area contributed by atoms with E-state index in [0.29, 0.717) is 11.3 Å². The lowest BCUT2D eigenvalue weighted by Crippen LogP contribution is -2.37. The van der Waals surface area contributed by atoms with Crippen molar-refractivity contribution >= 4 is 11.3 Å². The molecule has 1 nitrogen and oxygen atoms in total. The SMILES string of the molecule is CC1(C)CCCCC1C(O)CCc1cccs1. The van der Waals surface area contributed by atoms with Gasteiger partial charge in [-0.2, -0.15) is 0 Å². The molecule has 2 unspecified atom stereocenters. The van der Waals surface area contributed by atoms with Gasteiger partial charge in [0.25, 0.3) is 0 Å². The van der Waals surface area contributed by atoms with Crippen LogP contribution in [0.4, 0.5) is 0 Å². The van der Waals surface area contributed by atoms with Crippen molar-refractivity contribution in [2.45, 2.75) is 58.5 Å². The van der Waals surface area contributed by atoms with Gasteiger partial charge in [-0.25, -0.2) is 0 Å². The second-order valence-electron chi connectivity index (χ2n) is 6.03. The second-order valence-corrected chi connectivity index (χ2v) is 7.06. The first kappa shape index (κ1) is 13.1. The largest absolute Gasteiger partial charge is 0.393 e. The minimum atomic E-state index is -0.118. The Kier molecular flexibility index (Phi) is 4.26. The Balaban J connectivity index is 1.88. The third-order valence-corrected chi connectivity index (χ3v) is 5.26. The molecule has 0 bridgehead atoms. The van der Waals surface area contributed by atoms with Gasteiger partial charge in [0.2, 0.25) is 0 Å². The van der Waals surface area contributed by atoms with Gasteiger partial charge < -0.3 is 5.11 Å². The van der Waals surface area contributed by atoms with Crippen LogP contribution in [0, 0.1) is 11.3 Å². The van der Waals surface area contributed by atoms with Gasteiger partial charge in [0.05, 0.1) is 6.10 Å². The fourth-order valence-electron chi connectivity index (χ4n) is 3.18. The van der Waals surface area contributed by atoms with Gasteiger partial charge >= 0.3 is 0 Å². The summed E-state index contributed by atoms with van der Waals surface area (Å²) >= 11 is 1.80. The Hall–Kier alpha value is -0.340. The lowest BCUT2D eigenvalue weighted by atomic mass is 9.66. The monoisotopic (exact) mass is 252 g/mol. The van der Waals surface area contributed by atoms with Crippen molar-refractivity contribution < 1.29 is 5.11 Å². The van der Waals surface area contributed by atoms with Crippen LogP contribution in [0.25, 0.3) is 0 Å². The van der Waals surface area contributed by atoms with Crippen LogP contribution in [0.15, 0.2) is 17.5 Å². The summed E-state index contributed by atoms with van der Waals surface area (Å²) in [7, 11) is 0. The molecule has 1 aromatic rings. The highest BCUT2D eigenvalue weighted by atomic mass is 32.1. The Labute approximate surface area is 109 Å². The molecule has 1 fully saturated rings. The van der Waals surface area contributed by atoms with E-state index in [0.717, 1.165) is 12.8 Å². The van der Waals surface area contributed by atoms with Crippen LogP contribution in [-0.2, 0) is 6.42 Å². The molecule has 0 spiro atoms. The maximum absolute atomic E-state index is 10.4. The summed E-state index contributed by atoms with van der Waals surface area (Å²) in [5.74, 6) is 0.496. The average molecular weight is 252 g/mol. The van der Waals surface area contributed by atoms with E-state index >= 15 is 0 Å². The van der Waals surface area contributed by atoms with Crippen molar-refractivity contribution in [3.05, 3.63) is 22.4 Å². The van der Waals surface area contributed by atoms with Crippen LogP contribution >= 0.6 is 11.3 Å². The number of rotatable bonds is 4. The lowest BCUT2D eigenvalue weighted by Gasteiger charge is -2.41. The summed E-state index contributed by atoms with van der Waals surface area (Å²) in [6, 6.07) is 4.26. The standard InChI is InChI=1S/C15H24OS/c1-15(2)10-4-3-7-13(15)14(16)9-8-12-6-5-11-17-12/h5-6,11,13-14,16H,3-4,7-10H2,1-2H3. The van der Waals surface area contributed by atoms with Gasteiger partial charge in [0.15, 0.2) is 0 Å². The summed E-state index contributed by atoms with van der Waals surface area (Å²) in [5.41, 5.74) is 0.327. The maximum atomic E-state index is 10.4. The summed E-state index contributed by atoms with van der Waals surface area (Å²) in [6.07, 6.45) is 6.95. The maximum Gasteiger partial charge on any atom is 0.0577 e. The Morgan fingerprint density at radius 3 is 2.94 bits per heavy atom. The Morgan fingerprint density at radius 2 is 2.29 bits per heavy atom. The first-order valence-electron chi connectivity index (χ1n) is 6.80. The molecule has 1 heterocycles. The average Bonchev–Trinajstić information content (AvgIpc) is 2.78.